The highest BCUT2D eigenvalue weighted by Gasteiger charge is 2.19. The standard InChI is InChI=1S/C21H25N3O3S/c1-15(21(26)27-2)28-18-8-4-3-7-17(18)20(25)23-14-16-9-10-22-19(13-16)24-11-5-6-12-24/h3-4,7-10,13,15H,5-6,11-12,14H2,1-2H3,(H,23,25). The number of rotatable bonds is 7. The van der Waals surface area contributed by atoms with Gasteiger partial charge in [0, 0.05) is 30.7 Å². The van der Waals surface area contributed by atoms with Crippen molar-refractivity contribution >= 4 is 29.5 Å². The normalized spacial score (nSPS) is 14.6. The van der Waals surface area contributed by atoms with Gasteiger partial charge < -0.3 is 15.0 Å². The number of carbonyl (C=O) groups is 2. The number of hydrogen-bond donors (Lipinski definition) is 1. The molecular weight excluding hydrogens is 374 g/mol. The molecule has 1 saturated heterocycles. The van der Waals surface area contributed by atoms with Crippen LogP contribution in [-0.2, 0) is 16.1 Å². The quantitative estimate of drug-likeness (QED) is 0.569. The number of carbonyl (C=O) groups excluding carboxylic acids is 2. The van der Waals surface area contributed by atoms with Crippen LogP contribution >= 0.6 is 11.8 Å². The fraction of sp³-hybridized carbons (Fsp3) is 0.381. The van der Waals surface area contributed by atoms with Gasteiger partial charge in [0.2, 0.25) is 0 Å². The predicted octanol–water partition coefficient (Wildman–Crippen LogP) is 3.27. The van der Waals surface area contributed by atoms with Crippen LogP contribution in [-0.4, -0.2) is 42.3 Å². The van der Waals surface area contributed by atoms with Crippen LogP contribution in [0, 0.1) is 0 Å². The number of methoxy groups -OCH3 is 1. The van der Waals surface area contributed by atoms with Gasteiger partial charge in [-0.05, 0) is 49.6 Å². The molecule has 1 aliphatic rings. The molecule has 1 aromatic carbocycles. The fourth-order valence-electron chi connectivity index (χ4n) is 3.13. The van der Waals surface area contributed by atoms with Gasteiger partial charge in [0.1, 0.15) is 11.1 Å². The van der Waals surface area contributed by atoms with Gasteiger partial charge in [-0.1, -0.05) is 12.1 Å². The zero-order valence-electron chi connectivity index (χ0n) is 16.2. The highest BCUT2D eigenvalue weighted by molar-refractivity contribution is 8.00. The predicted molar refractivity (Wildman–Crippen MR) is 111 cm³/mol. The van der Waals surface area contributed by atoms with Crippen molar-refractivity contribution in [3.05, 3.63) is 53.7 Å². The fourth-order valence-corrected chi connectivity index (χ4v) is 4.15. The molecule has 0 spiro atoms. The van der Waals surface area contributed by atoms with E-state index in [-0.39, 0.29) is 17.1 Å². The summed E-state index contributed by atoms with van der Waals surface area (Å²) in [6, 6.07) is 11.2. The molecule has 1 fully saturated rings. The lowest BCUT2D eigenvalue weighted by molar-refractivity contribution is -0.139. The molecule has 2 aromatic rings. The maximum absolute atomic E-state index is 12.7. The van der Waals surface area contributed by atoms with Crippen molar-refractivity contribution in [1.29, 1.82) is 0 Å². The summed E-state index contributed by atoms with van der Waals surface area (Å²) in [4.78, 5) is 31.9. The Morgan fingerprint density at radius 1 is 1.25 bits per heavy atom. The third-order valence-corrected chi connectivity index (χ3v) is 5.82. The summed E-state index contributed by atoms with van der Waals surface area (Å²) < 4.78 is 4.77. The van der Waals surface area contributed by atoms with Crippen LogP contribution in [0.25, 0.3) is 0 Å². The second kappa shape index (κ2) is 9.59. The number of esters is 1. The van der Waals surface area contributed by atoms with Gasteiger partial charge in [-0.3, -0.25) is 9.59 Å². The molecule has 0 saturated carbocycles. The molecule has 0 aliphatic carbocycles. The zero-order valence-corrected chi connectivity index (χ0v) is 17.0. The molecule has 3 rings (SSSR count). The Kier molecular flexibility index (Phi) is 6.92. The number of hydrogen-bond acceptors (Lipinski definition) is 6. The van der Waals surface area contributed by atoms with E-state index in [1.165, 1.54) is 31.7 Å². The molecule has 1 N–H and O–H groups in total. The Hall–Kier alpha value is -2.54. The Labute approximate surface area is 169 Å². The van der Waals surface area contributed by atoms with Gasteiger partial charge in [0.05, 0.1) is 12.7 Å². The number of ether oxygens (including phenoxy) is 1. The summed E-state index contributed by atoms with van der Waals surface area (Å²) in [7, 11) is 1.36. The van der Waals surface area contributed by atoms with Crippen molar-refractivity contribution in [2.75, 3.05) is 25.1 Å². The van der Waals surface area contributed by atoms with Crippen LogP contribution in [0.15, 0.2) is 47.5 Å². The minimum atomic E-state index is -0.387. The maximum atomic E-state index is 12.7. The number of amides is 1. The van der Waals surface area contributed by atoms with Crippen LogP contribution in [0.3, 0.4) is 0 Å². The average Bonchev–Trinajstić information content (AvgIpc) is 3.27. The van der Waals surface area contributed by atoms with Gasteiger partial charge >= 0.3 is 5.97 Å². The van der Waals surface area contributed by atoms with E-state index in [2.05, 4.69) is 15.2 Å². The maximum Gasteiger partial charge on any atom is 0.318 e. The highest BCUT2D eigenvalue weighted by Crippen LogP contribution is 2.27. The number of aromatic nitrogens is 1. The Morgan fingerprint density at radius 2 is 2.00 bits per heavy atom. The van der Waals surface area contributed by atoms with E-state index in [0.29, 0.717) is 12.1 Å². The van der Waals surface area contributed by atoms with E-state index in [1.807, 2.05) is 30.3 Å². The third-order valence-electron chi connectivity index (χ3n) is 4.66. The summed E-state index contributed by atoms with van der Waals surface area (Å²) >= 11 is 1.32. The number of anilines is 1. The third kappa shape index (κ3) is 5.04. The first-order chi connectivity index (χ1) is 13.6. The second-order valence-corrected chi connectivity index (χ2v) is 8.06. The molecule has 148 valence electrons. The minimum absolute atomic E-state index is 0.167. The molecule has 28 heavy (non-hydrogen) atoms. The first kappa shape index (κ1) is 20.2. The Bertz CT molecular complexity index is 837. The van der Waals surface area contributed by atoms with Crippen LogP contribution < -0.4 is 10.2 Å². The first-order valence-corrected chi connectivity index (χ1v) is 10.3. The van der Waals surface area contributed by atoms with E-state index in [1.54, 1.807) is 19.2 Å². The van der Waals surface area contributed by atoms with Crippen molar-refractivity contribution in [2.24, 2.45) is 0 Å². The Morgan fingerprint density at radius 3 is 2.75 bits per heavy atom. The van der Waals surface area contributed by atoms with Crippen molar-refractivity contribution in [2.45, 2.75) is 36.5 Å². The van der Waals surface area contributed by atoms with E-state index in [4.69, 9.17) is 4.74 Å². The highest BCUT2D eigenvalue weighted by atomic mass is 32.2. The SMILES string of the molecule is COC(=O)C(C)Sc1ccccc1C(=O)NCc1ccnc(N2CCCC2)c1. The molecule has 1 aromatic heterocycles. The number of nitrogens with zero attached hydrogens (tertiary/aromatic N) is 2. The molecule has 1 unspecified atom stereocenters. The van der Waals surface area contributed by atoms with Crippen molar-refractivity contribution in [3.63, 3.8) is 0 Å². The molecule has 1 amide bonds. The van der Waals surface area contributed by atoms with Gasteiger partial charge in [-0.25, -0.2) is 4.98 Å². The van der Waals surface area contributed by atoms with Crippen LogP contribution in [0.4, 0.5) is 5.82 Å². The average molecular weight is 400 g/mol. The van der Waals surface area contributed by atoms with E-state index >= 15 is 0 Å². The summed E-state index contributed by atoms with van der Waals surface area (Å²) in [5.74, 6) is 0.484. The van der Waals surface area contributed by atoms with Crippen LogP contribution in [0.1, 0.15) is 35.7 Å². The lowest BCUT2D eigenvalue weighted by Crippen LogP contribution is -2.24. The number of benzene rings is 1. The van der Waals surface area contributed by atoms with E-state index < -0.39 is 0 Å². The molecule has 1 aliphatic heterocycles. The van der Waals surface area contributed by atoms with Crippen molar-refractivity contribution < 1.29 is 14.3 Å². The molecule has 6 nitrogen and oxygen atoms in total. The minimum Gasteiger partial charge on any atom is -0.468 e. The smallest absolute Gasteiger partial charge is 0.318 e. The van der Waals surface area contributed by atoms with Gasteiger partial charge in [-0.15, -0.1) is 11.8 Å². The molecule has 7 heteroatoms. The molecule has 0 radical (unpaired) electrons. The molecule has 2 heterocycles. The van der Waals surface area contributed by atoms with Crippen molar-refractivity contribution in [1.82, 2.24) is 10.3 Å². The van der Waals surface area contributed by atoms with Gasteiger partial charge in [-0.2, -0.15) is 0 Å². The zero-order chi connectivity index (χ0) is 19.9. The molecule has 1 atom stereocenters. The van der Waals surface area contributed by atoms with E-state index in [0.717, 1.165) is 29.4 Å². The summed E-state index contributed by atoms with van der Waals surface area (Å²) in [5.41, 5.74) is 1.57. The number of thioether (sulfide) groups is 1. The largest absolute Gasteiger partial charge is 0.468 e. The molecular formula is C21H25N3O3S. The topological polar surface area (TPSA) is 71.5 Å². The second-order valence-electron chi connectivity index (χ2n) is 6.68. The summed E-state index contributed by atoms with van der Waals surface area (Å²) in [6.07, 6.45) is 4.18. The number of pyridine rings is 1. The van der Waals surface area contributed by atoms with Gasteiger partial charge in [0.15, 0.2) is 0 Å². The lowest BCUT2D eigenvalue weighted by atomic mass is 10.2. The summed E-state index contributed by atoms with van der Waals surface area (Å²) in [6.45, 7) is 4.26. The summed E-state index contributed by atoms with van der Waals surface area (Å²) in [5, 5.41) is 2.59. The number of nitrogens with one attached hydrogen (secondary N) is 1. The monoisotopic (exact) mass is 399 g/mol. The Balaban J connectivity index is 1.65. The lowest BCUT2D eigenvalue weighted by Gasteiger charge is -2.17. The van der Waals surface area contributed by atoms with E-state index in [9.17, 15) is 9.59 Å². The van der Waals surface area contributed by atoms with Crippen molar-refractivity contribution in [3.8, 4) is 0 Å². The van der Waals surface area contributed by atoms with Crippen LogP contribution in [0.2, 0.25) is 0 Å². The molecule has 0 bridgehead atoms. The van der Waals surface area contributed by atoms with Crippen LogP contribution in [0.5, 0.6) is 0 Å². The first-order valence-electron chi connectivity index (χ1n) is 9.40. The van der Waals surface area contributed by atoms with Gasteiger partial charge in [0.25, 0.3) is 5.91 Å².